The van der Waals surface area contributed by atoms with Crippen LogP contribution < -0.4 is 16.1 Å². The summed E-state index contributed by atoms with van der Waals surface area (Å²) in [5, 5.41) is 0. The maximum atomic E-state index is 13.4. The van der Waals surface area contributed by atoms with Crippen LogP contribution in [0.1, 0.15) is 19.4 Å². The molecule has 0 aliphatic rings. The Morgan fingerprint density at radius 3 is 2.34 bits per heavy atom. The summed E-state index contributed by atoms with van der Waals surface area (Å²) in [4.78, 5) is 49.6. The molecule has 4 aromatic rings. The second kappa shape index (κ2) is 8.97. The highest BCUT2D eigenvalue weighted by atomic mass is 16.2. The third kappa shape index (κ3) is 4.07. The average Bonchev–Trinajstić information content (AvgIpc) is 2.81. The first-order valence-corrected chi connectivity index (χ1v) is 10.3. The van der Waals surface area contributed by atoms with Crippen molar-refractivity contribution in [2.24, 2.45) is 0 Å². The smallest absolute Gasteiger partial charge is 0.308 e. The number of nitrogens with zero attached hydrogens (tertiary/aromatic N) is 5. The number of pyridine rings is 2. The second-order valence-corrected chi connectivity index (χ2v) is 7.68. The van der Waals surface area contributed by atoms with E-state index >= 15 is 0 Å². The van der Waals surface area contributed by atoms with E-state index in [9.17, 15) is 14.4 Å². The van der Waals surface area contributed by atoms with Crippen LogP contribution in [0.15, 0.2) is 82.8 Å². The summed E-state index contributed by atoms with van der Waals surface area (Å²) in [7, 11) is 0. The van der Waals surface area contributed by atoms with Gasteiger partial charge in [-0.25, -0.2) is 9.78 Å². The number of amides is 1. The Morgan fingerprint density at radius 1 is 0.938 bits per heavy atom. The van der Waals surface area contributed by atoms with Gasteiger partial charge in [0.05, 0.1) is 12.1 Å². The molecule has 0 spiro atoms. The lowest BCUT2D eigenvalue weighted by molar-refractivity contribution is -0.119. The van der Waals surface area contributed by atoms with E-state index < -0.39 is 11.2 Å². The van der Waals surface area contributed by atoms with Gasteiger partial charge in [-0.3, -0.25) is 23.7 Å². The molecule has 0 aliphatic heterocycles. The maximum Gasteiger partial charge on any atom is 0.332 e. The van der Waals surface area contributed by atoms with Crippen LogP contribution in [0.4, 0.5) is 5.69 Å². The van der Waals surface area contributed by atoms with E-state index in [1.54, 1.807) is 41.6 Å². The Morgan fingerprint density at radius 2 is 1.66 bits per heavy atom. The zero-order valence-electron chi connectivity index (χ0n) is 17.9. The molecule has 1 aromatic carbocycles. The van der Waals surface area contributed by atoms with Gasteiger partial charge in [-0.2, -0.15) is 0 Å². The average molecular weight is 429 g/mol. The third-order valence-corrected chi connectivity index (χ3v) is 5.19. The molecular weight excluding hydrogens is 406 g/mol. The molecule has 0 atom stereocenters. The van der Waals surface area contributed by atoms with E-state index in [-0.39, 0.29) is 30.6 Å². The van der Waals surface area contributed by atoms with Gasteiger partial charge in [0, 0.05) is 30.3 Å². The number of carbonyl (C=O) groups excluding carboxylic acids is 1. The summed E-state index contributed by atoms with van der Waals surface area (Å²) in [5.74, 6) is -0.257. The molecule has 162 valence electrons. The molecule has 8 heteroatoms. The minimum Gasteiger partial charge on any atom is -0.308 e. The van der Waals surface area contributed by atoms with Crippen molar-refractivity contribution >= 4 is 22.6 Å². The summed E-state index contributed by atoms with van der Waals surface area (Å²) >= 11 is 0. The van der Waals surface area contributed by atoms with Gasteiger partial charge in [0.15, 0.2) is 5.52 Å². The van der Waals surface area contributed by atoms with Crippen LogP contribution in [0.2, 0.25) is 0 Å². The molecule has 4 rings (SSSR count). The van der Waals surface area contributed by atoms with E-state index in [2.05, 4.69) is 9.97 Å². The fourth-order valence-corrected chi connectivity index (χ4v) is 3.74. The minimum atomic E-state index is -0.558. The molecule has 0 radical (unpaired) electrons. The van der Waals surface area contributed by atoms with Crippen molar-refractivity contribution in [1.82, 2.24) is 19.1 Å². The first-order valence-electron chi connectivity index (χ1n) is 10.3. The molecule has 0 saturated heterocycles. The Bertz CT molecular complexity index is 1360. The number of fused-ring (bicyclic) bond motifs is 1. The van der Waals surface area contributed by atoms with Gasteiger partial charge in [-0.15, -0.1) is 0 Å². The number of hydrogen-bond acceptors (Lipinski definition) is 5. The van der Waals surface area contributed by atoms with Gasteiger partial charge >= 0.3 is 5.69 Å². The maximum absolute atomic E-state index is 13.4. The van der Waals surface area contributed by atoms with Crippen LogP contribution in [-0.2, 0) is 17.9 Å². The number of hydrogen-bond donors (Lipinski definition) is 0. The molecule has 0 saturated carbocycles. The number of para-hydroxylation sites is 1. The summed E-state index contributed by atoms with van der Waals surface area (Å²) in [6.45, 7) is 3.67. The van der Waals surface area contributed by atoms with Gasteiger partial charge in [0.2, 0.25) is 5.91 Å². The van der Waals surface area contributed by atoms with E-state index in [4.69, 9.17) is 0 Å². The predicted octanol–water partition coefficient (Wildman–Crippen LogP) is 2.44. The molecule has 0 aliphatic carbocycles. The van der Waals surface area contributed by atoms with Crippen LogP contribution in [0.3, 0.4) is 0 Å². The van der Waals surface area contributed by atoms with Crippen molar-refractivity contribution in [2.75, 3.05) is 4.90 Å². The summed E-state index contributed by atoms with van der Waals surface area (Å²) in [6.07, 6.45) is 4.70. The second-order valence-electron chi connectivity index (χ2n) is 7.68. The van der Waals surface area contributed by atoms with Crippen molar-refractivity contribution in [1.29, 1.82) is 0 Å². The fraction of sp³-hybridized carbons (Fsp3) is 0.208. The van der Waals surface area contributed by atoms with Crippen molar-refractivity contribution in [2.45, 2.75) is 33.0 Å². The van der Waals surface area contributed by atoms with Crippen LogP contribution >= 0.6 is 0 Å². The van der Waals surface area contributed by atoms with Crippen LogP contribution in [0.25, 0.3) is 11.0 Å². The van der Waals surface area contributed by atoms with Crippen molar-refractivity contribution < 1.29 is 4.79 Å². The quantitative estimate of drug-likeness (QED) is 0.470. The van der Waals surface area contributed by atoms with Crippen molar-refractivity contribution in [3.8, 4) is 0 Å². The minimum absolute atomic E-state index is 0.0630. The van der Waals surface area contributed by atoms with Gasteiger partial charge in [0.1, 0.15) is 6.54 Å². The molecule has 1 amide bonds. The van der Waals surface area contributed by atoms with Crippen molar-refractivity contribution in [3.05, 3.63) is 99.6 Å². The van der Waals surface area contributed by atoms with Crippen LogP contribution in [-0.4, -0.2) is 31.1 Å². The molecule has 32 heavy (non-hydrogen) atoms. The van der Waals surface area contributed by atoms with E-state index in [1.165, 1.54) is 10.8 Å². The van der Waals surface area contributed by atoms with E-state index in [0.29, 0.717) is 5.52 Å². The van der Waals surface area contributed by atoms with Crippen molar-refractivity contribution in [3.63, 3.8) is 0 Å². The highest BCUT2D eigenvalue weighted by Crippen LogP contribution is 2.17. The molecule has 8 nitrogen and oxygen atoms in total. The number of aromatic nitrogens is 4. The lowest BCUT2D eigenvalue weighted by atomic mass is 10.2. The summed E-state index contributed by atoms with van der Waals surface area (Å²) in [6, 6.07) is 15.9. The standard InChI is InChI=1S/C24H23N5O3/c1-17(2)29(19-7-4-3-5-8-19)21(30)16-27-20-9-6-12-26-22(20)23(31)28(24(27)32)15-18-10-13-25-14-11-18/h3-14,17H,15-16H2,1-2H3. The lowest BCUT2D eigenvalue weighted by Gasteiger charge is -2.27. The fourth-order valence-electron chi connectivity index (χ4n) is 3.74. The molecule has 0 unspecified atom stereocenters. The Kier molecular flexibility index (Phi) is 5.93. The first-order chi connectivity index (χ1) is 15.5. The predicted molar refractivity (Wildman–Crippen MR) is 123 cm³/mol. The first kappa shape index (κ1) is 21.2. The highest BCUT2D eigenvalue weighted by molar-refractivity contribution is 5.94. The van der Waals surface area contributed by atoms with Crippen LogP contribution in [0, 0.1) is 0 Å². The number of anilines is 1. The molecule has 3 heterocycles. The number of rotatable bonds is 6. The van der Waals surface area contributed by atoms with Crippen LogP contribution in [0.5, 0.6) is 0 Å². The van der Waals surface area contributed by atoms with E-state index in [1.807, 2.05) is 44.2 Å². The van der Waals surface area contributed by atoms with Gasteiger partial charge in [-0.05, 0) is 55.8 Å². The summed E-state index contributed by atoms with van der Waals surface area (Å²) < 4.78 is 2.44. The molecule has 3 aromatic heterocycles. The monoisotopic (exact) mass is 429 g/mol. The lowest BCUT2D eigenvalue weighted by Crippen LogP contribution is -2.45. The number of carbonyl (C=O) groups is 1. The molecule has 0 N–H and O–H groups in total. The number of benzene rings is 1. The topological polar surface area (TPSA) is 90.1 Å². The Balaban J connectivity index is 1.82. The summed E-state index contributed by atoms with van der Waals surface area (Å²) in [5.41, 5.74) is 0.921. The van der Waals surface area contributed by atoms with E-state index in [0.717, 1.165) is 15.8 Å². The zero-order valence-corrected chi connectivity index (χ0v) is 17.9. The van der Waals surface area contributed by atoms with Gasteiger partial charge in [-0.1, -0.05) is 18.2 Å². The highest BCUT2D eigenvalue weighted by Gasteiger charge is 2.22. The zero-order chi connectivity index (χ0) is 22.7. The largest absolute Gasteiger partial charge is 0.332 e. The van der Waals surface area contributed by atoms with Gasteiger partial charge < -0.3 is 4.90 Å². The molecule has 0 fully saturated rings. The molecular formula is C24H23N5O3. The Labute approximate surface area is 184 Å². The van der Waals surface area contributed by atoms with Gasteiger partial charge in [0.25, 0.3) is 5.56 Å². The SMILES string of the molecule is CC(C)N(C(=O)Cn1c(=O)n(Cc2ccncc2)c(=O)c2ncccc21)c1ccccc1. The molecule has 0 bridgehead atoms. The normalized spacial score (nSPS) is 11.1. The third-order valence-electron chi connectivity index (χ3n) is 5.19. The Hall–Kier alpha value is -4.07.